The van der Waals surface area contributed by atoms with Gasteiger partial charge in [0.1, 0.15) is 0 Å². The molecule has 62 heavy (non-hydrogen) atoms. The minimum atomic E-state index is -0.121. The summed E-state index contributed by atoms with van der Waals surface area (Å²) in [6.45, 7) is 16.3. The summed E-state index contributed by atoms with van der Waals surface area (Å²) in [7, 11) is 0. The Hall–Kier alpha value is -6.50. The van der Waals surface area contributed by atoms with Crippen LogP contribution in [0, 0.1) is 0 Å². The van der Waals surface area contributed by atoms with Crippen molar-refractivity contribution in [3.63, 3.8) is 0 Å². The van der Waals surface area contributed by atoms with Crippen LogP contribution in [0.5, 0.6) is 0 Å². The monoisotopic (exact) mass is 798 g/mol. The van der Waals surface area contributed by atoms with Gasteiger partial charge in [-0.2, -0.15) is 0 Å². The van der Waals surface area contributed by atoms with E-state index in [2.05, 4.69) is 224 Å². The number of fused-ring (bicyclic) bond motifs is 8. The van der Waals surface area contributed by atoms with Crippen molar-refractivity contribution in [2.75, 3.05) is 0 Å². The molecule has 2 aliphatic carbocycles. The third-order valence-electron chi connectivity index (χ3n) is 14.9. The molecule has 0 bridgehead atoms. The van der Waals surface area contributed by atoms with E-state index in [9.17, 15) is 0 Å². The molecule has 9 aromatic carbocycles. The molecule has 0 amide bonds. The minimum Gasteiger partial charge on any atom is -0.0642 e. The summed E-state index contributed by atoms with van der Waals surface area (Å²) in [5, 5.41) is 5.10. The van der Waals surface area contributed by atoms with E-state index in [4.69, 9.17) is 0 Å². The molecule has 11 rings (SSSR count). The van der Waals surface area contributed by atoms with Gasteiger partial charge in [-0.3, -0.25) is 0 Å². The van der Waals surface area contributed by atoms with Crippen molar-refractivity contribution < 1.29 is 0 Å². The molecule has 0 atom stereocenters. The van der Waals surface area contributed by atoms with Crippen LogP contribution in [0.3, 0.4) is 0 Å². The largest absolute Gasteiger partial charge is 0.0642 e. The summed E-state index contributed by atoms with van der Waals surface area (Å²) in [6.07, 6.45) is 2.21. The number of benzene rings is 9. The van der Waals surface area contributed by atoms with E-state index in [1.165, 1.54) is 116 Å². The van der Waals surface area contributed by atoms with Crippen molar-refractivity contribution in [3.05, 3.63) is 204 Å². The second-order valence-electron chi connectivity index (χ2n) is 19.6. The van der Waals surface area contributed by atoms with Crippen molar-refractivity contribution in [3.8, 4) is 66.8 Å². The topological polar surface area (TPSA) is 0 Å². The Morgan fingerprint density at radius 1 is 0.339 bits per heavy atom. The quantitative estimate of drug-likeness (QED) is 0.157. The molecule has 0 saturated heterocycles. The van der Waals surface area contributed by atoms with E-state index in [0.717, 1.165) is 12.8 Å². The second-order valence-corrected chi connectivity index (χ2v) is 19.6. The van der Waals surface area contributed by atoms with Crippen molar-refractivity contribution in [1.29, 1.82) is 0 Å². The molecule has 302 valence electrons. The third-order valence-corrected chi connectivity index (χ3v) is 14.9. The molecule has 0 fully saturated rings. The van der Waals surface area contributed by atoms with Gasteiger partial charge < -0.3 is 0 Å². The van der Waals surface area contributed by atoms with Crippen LogP contribution < -0.4 is 0 Å². The summed E-state index contributed by atoms with van der Waals surface area (Å²) in [5.74, 6) is 0. The number of hydrogen-bond donors (Lipinski definition) is 0. The van der Waals surface area contributed by atoms with Gasteiger partial charge >= 0.3 is 0 Å². The fourth-order valence-corrected chi connectivity index (χ4v) is 11.1. The lowest BCUT2D eigenvalue weighted by Crippen LogP contribution is -2.23. The Kier molecular flexibility index (Phi) is 8.69. The maximum Gasteiger partial charge on any atom is 0.0210 e. The van der Waals surface area contributed by atoms with E-state index in [-0.39, 0.29) is 16.2 Å². The highest BCUT2D eigenvalue weighted by Crippen LogP contribution is 2.54. The molecule has 0 aliphatic heterocycles. The van der Waals surface area contributed by atoms with Crippen LogP contribution in [-0.4, -0.2) is 0 Å². The predicted molar refractivity (Wildman–Crippen MR) is 266 cm³/mol. The van der Waals surface area contributed by atoms with Crippen LogP contribution in [0.4, 0.5) is 0 Å². The number of hydrogen-bond acceptors (Lipinski definition) is 0. The smallest absolute Gasteiger partial charge is 0.0210 e. The van der Waals surface area contributed by atoms with Crippen LogP contribution in [0.1, 0.15) is 89.1 Å². The molecule has 0 heteroatoms. The molecule has 0 aromatic heterocycles. The summed E-state index contributed by atoms with van der Waals surface area (Å²) < 4.78 is 0. The van der Waals surface area contributed by atoms with E-state index >= 15 is 0 Å². The Bertz CT molecular complexity index is 3250. The van der Waals surface area contributed by atoms with Crippen molar-refractivity contribution >= 4 is 21.5 Å². The summed E-state index contributed by atoms with van der Waals surface area (Å²) in [5.41, 5.74) is 22.8. The van der Waals surface area contributed by atoms with Gasteiger partial charge in [-0.25, -0.2) is 0 Å². The predicted octanol–water partition coefficient (Wildman–Crippen LogP) is 17.4. The van der Waals surface area contributed by atoms with Crippen LogP contribution >= 0.6 is 0 Å². The average molecular weight is 799 g/mol. The van der Waals surface area contributed by atoms with Crippen molar-refractivity contribution in [2.45, 2.75) is 77.6 Å². The number of rotatable bonds is 6. The molecule has 2 aliphatic rings. The molecule has 0 spiro atoms. The highest BCUT2D eigenvalue weighted by atomic mass is 14.4. The zero-order chi connectivity index (χ0) is 42.5. The van der Waals surface area contributed by atoms with E-state index in [1.807, 2.05) is 0 Å². The van der Waals surface area contributed by atoms with E-state index in [1.54, 1.807) is 0 Å². The average Bonchev–Trinajstić information content (AvgIpc) is 3.71. The zero-order valence-electron chi connectivity index (χ0n) is 37.2. The molecular weight excluding hydrogens is 745 g/mol. The third kappa shape index (κ3) is 5.94. The van der Waals surface area contributed by atoms with Crippen molar-refractivity contribution in [2.24, 2.45) is 0 Å². The fraction of sp³-hybridized carbons (Fsp3) is 0.194. The van der Waals surface area contributed by atoms with Crippen molar-refractivity contribution in [1.82, 2.24) is 0 Å². The zero-order valence-corrected chi connectivity index (χ0v) is 37.2. The molecule has 0 nitrogen and oxygen atoms in total. The first-order valence-electron chi connectivity index (χ1n) is 22.7. The Labute approximate surface area is 368 Å². The first-order chi connectivity index (χ1) is 29.9. The maximum atomic E-state index is 2.48. The van der Waals surface area contributed by atoms with Gasteiger partial charge in [-0.05, 0) is 171 Å². The van der Waals surface area contributed by atoms with E-state index in [0.29, 0.717) is 0 Å². The van der Waals surface area contributed by atoms with Gasteiger partial charge in [0.25, 0.3) is 0 Å². The highest BCUT2D eigenvalue weighted by Gasteiger charge is 2.40. The molecule has 0 unspecified atom stereocenters. The minimum absolute atomic E-state index is 0.0779. The van der Waals surface area contributed by atoms with Gasteiger partial charge in [0.05, 0.1) is 0 Å². The Morgan fingerprint density at radius 3 is 1.18 bits per heavy atom. The van der Waals surface area contributed by atoms with Crippen LogP contribution in [0.15, 0.2) is 176 Å². The van der Waals surface area contributed by atoms with Gasteiger partial charge in [-0.1, -0.05) is 188 Å². The molecule has 0 N–H and O–H groups in total. The highest BCUT2D eigenvalue weighted by molar-refractivity contribution is 5.94. The lowest BCUT2D eigenvalue weighted by molar-refractivity contribution is 0.490. The molecular formula is C62H54. The van der Waals surface area contributed by atoms with Crippen LogP contribution in [0.25, 0.3) is 88.3 Å². The molecule has 0 radical (unpaired) electrons. The Morgan fingerprint density at radius 2 is 0.694 bits per heavy atom. The lowest BCUT2D eigenvalue weighted by atomic mass is 9.73. The summed E-state index contributed by atoms with van der Waals surface area (Å²) >= 11 is 0. The first-order valence-corrected chi connectivity index (χ1v) is 22.7. The van der Waals surface area contributed by atoms with Crippen LogP contribution in [-0.2, 0) is 16.2 Å². The summed E-state index contributed by atoms with van der Waals surface area (Å²) in [6, 6.07) is 67.3. The SMILES string of the molecule is CCC1(CC)c2ccccc2-c2ccc(-c3ccc(-c4ccc5c(c4)C(C)(C)c4cc(-c6ccc7cc(-c8ccc9cc(C(C)(C)C)ccc9c8)ccc7c6)ccc4-5)cc3)cc21. The van der Waals surface area contributed by atoms with E-state index < -0.39 is 0 Å². The van der Waals surface area contributed by atoms with Crippen LogP contribution in [0.2, 0.25) is 0 Å². The molecule has 9 aromatic rings. The Balaban J connectivity index is 0.852. The molecule has 0 heterocycles. The first kappa shape index (κ1) is 38.4. The van der Waals surface area contributed by atoms with Gasteiger partial charge in [0.15, 0.2) is 0 Å². The van der Waals surface area contributed by atoms with Gasteiger partial charge in [0, 0.05) is 10.8 Å². The second kappa shape index (κ2) is 14.0. The summed E-state index contributed by atoms with van der Waals surface area (Å²) in [4.78, 5) is 0. The standard InChI is InChI=1S/C62H54/c1-8-62(9-2)56-13-11-10-12-52(56)55-31-26-49(38-59(55)62)40-16-14-39(15-17-40)48-25-29-53-54-30-27-50(37-58(54)61(6,7)57(53)36-48)45-21-20-42-32-41(18-19-43(42)33-45)44-22-23-47-35-51(60(3,4)5)28-24-46(47)34-44/h10-38H,8-9H2,1-7H3. The normalized spacial score (nSPS) is 14.4. The van der Waals surface area contributed by atoms with Gasteiger partial charge in [0.2, 0.25) is 0 Å². The lowest BCUT2D eigenvalue weighted by Gasteiger charge is -2.30. The van der Waals surface area contributed by atoms with Gasteiger partial charge in [-0.15, -0.1) is 0 Å². The maximum absolute atomic E-state index is 2.48. The fourth-order valence-electron chi connectivity index (χ4n) is 11.1. The molecule has 0 saturated carbocycles.